The van der Waals surface area contributed by atoms with Crippen molar-refractivity contribution < 1.29 is 9.53 Å². The highest BCUT2D eigenvalue weighted by Crippen LogP contribution is 2.32. The first-order chi connectivity index (χ1) is 10.5. The summed E-state index contributed by atoms with van der Waals surface area (Å²) in [4.78, 5) is 12.2. The monoisotopic (exact) mass is 358 g/mol. The Morgan fingerprint density at radius 3 is 2.68 bits per heavy atom. The maximum atomic E-state index is 12.2. The molecule has 0 radical (unpaired) electrons. The van der Waals surface area contributed by atoms with E-state index in [0.29, 0.717) is 27.2 Å². The number of allylic oxidation sites excluding steroid dienone is 1. The first-order valence-electron chi connectivity index (χ1n) is 6.81. The number of methoxy groups -OCH3 is 1. The van der Waals surface area contributed by atoms with Crippen molar-refractivity contribution in [2.75, 3.05) is 7.11 Å². The van der Waals surface area contributed by atoms with Gasteiger partial charge in [-0.1, -0.05) is 42.6 Å². The maximum Gasteiger partial charge on any atom is 0.337 e. The number of thiocarbonyl (C=S) groups is 1. The number of benzene rings is 1. The predicted octanol–water partition coefficient (Wildman–Crippen LogP) is 3.74. The second-order valence-corrected chi connectivity index (χ2v) is 6.06. The minimum Gasteiger partial charge on any atom is -0.466 e. The predicted molar refractivity (Wildman–Crippen MR) is 92.0 cm³/mol. The molecule has 0 saturated carbocycles. The number of esters is 1. The van der Waals surface area contributed by atoms with E-state index in [1.54, 1.807) is 12.1 Å². The van der Waals surface area contributed by atoms with Crippen LogP contribution in [0.25, 0.3) is 0 Å². The second-order valence-electron chi connectivity index (χ2n) is 4.84. The largest absolute Gasteiger partial charge is 0.466 e. The molecule has 2 rings (SSSR count). The van der Waals surface area contributed by atoms with Crippen LogP contribution in [0.3, 0.4) is 0 Å². The van der Waals surface area contributed by atoms with Crippen molar-refractivity contribution >= 4 is 46.5 Å². The summed E-state index contributed by atoms with van der Waals surface area (Å²) in [6.07, 6.45) is 1.57. The zero-order valence-electron chi connectivity index (χ0n) is 12.2. The fourth-order valence-corrected chi connectivity index (χ4v) is 2.91. The van der Waals surface area contributed by atoms with Crippen molar-refractivity contribution in [1.29, 1.82) is 0 Å². The molecule has 1 aromatic carbocycles. The highest BCUT2D eigenvalue weighted by Gasteiger charge is 2.31. The van der Waals surface area contributed by atoms with Gasteiger partial charge < -0.3 is 15.4 Å². The molecule has 7 heteroatoms. The molecule has 0 fully saturated rings. The Balaban J connectivity index is 2.53. The van der Waals surface area contributed by atoms with E-state index >= 15 is 0 Å². The molecule has 0 saturated heterocycles. The molecule has 1 aromatic rings. The summed E-state index contributed by atoms with van der Waals surface area (Å²) in [5, 5.41) is 7.49. The van der Waals surface area contributed by atoms with Gasteiger partial charge in [0.1, 0.15) is 0 Å². The molecular formula is C15H16Cl2N2O2S. The van der Waals surface area contributed by atoms with Crippen molar-refractivity contribution in [3.05, 3.63) is 45.1 Å². The quantitative estimate of drug-likeness (QED) is 0.634. The van der Waals surface area contributed by atoms with Gasteiger partial charge in [-0.15, -0.1) is 0 Å². The first kappa shape index (κ1) is 17.1. The molecule has 22 heavy (non-hydrogen) atoms. The van der Waals surface area contributed by atoms with Gasteiger partial charge in [-0.3, -0.25) is 0 Å². The molecule has 0 spiro atoms. The first-order valence-corrected chi connectivity index (χ1v) is 7.98. The molecule has 118 valence electrons. The van der Waals surface area contributed by atoms with Gasteiger partial charge in [0, 0.05) is 5.70 Å². The third kappa shape index (κ3) is 3.54. The average Bonchev–Trinajstić information content (AvgIpc) is 2.49. The minimum absolute atomic E-state index is 0.401. The van der Waals surface area contributed by atoms with Crippen molar-refractivity contribution in [3.8, 4) is 0 Å². The smallest absolute Gasteiger partial charge is 0.337 e. The van der Waals surface area contributed by atoms with Gasteiger partial charge in [-0.05, 0) is 36.3 Å². The SMILES string of the molecule is CCCC1=C(C(=O)OC)C(c2ccc(Cl)c(Cl)c2)NC(=S)N1. The number of nitrogens with one attached hydrogen (secondary N) is 2. The maximum absolute atomic E-state index is 12.2. The lowest BCUT2D eigenvalue weighted by atomic mass is 9.94. The molecule has 1 aliphatic rings. The Kier molecular flexibility index (Phi) is 5.67. The van der Waals surface area contributed by atoms with Crippen LogP contribution in [0.1, 0.15) is 31.4 Å². The van der Waals surface area contributed by atoms with Gasteiger partial charge in [0.2, 0.25) is 0 Å². The van der Waals surface area contributed by atoms with Crippen LogP contribution in [0.4, 0.5) is 0 Å². The topological polar surface area (TPSA) is 50.4 Å². The van der Waals surface area contributed by atoms with Crippen LogP contribution in [0.5, 0.6) is 0 Å². The number of halogens is 2. The second kappa shape index (κ2) is 7.31. The van der Waals surface area contributed by atoms with Crippen LogP contribution >= 0.6 is 35.4 Å². The number of hydrogen-bond acceptors (Lipinski definition) is 3. The standard InChI is InChI=1S/C15H16Cl2N2O2S/c1-3-4-11-12(14(20)21-2)13(19-15(22)18-11)8-5-6-9(16)10(17)7-8/h5-7,13H,3-4H2,1-2H3,(H2,18,19,22). The lowest BCUT2D eigenvalue weighted by molar-refractivity contribution is -0.136. The fourth-order valence-electron chi connectivity index (χ4n) is 2.36. The Bertz CT molecular complexity index is 646. The van der Waals surface area contributed by atoms with E-state index in [1.165, 1.54) is 7.11 Å². The van der Waals surface area contributed by atoms with Gasteiger partial charge in [0.15, 0.2) is 5.11 Å². The molecule has 0 amide bonds. The lowest BCUT2D eigenvalue weighted by Gasteiger charge is -2.31. The third-order valence-corrected chi connectivity index (χ3v) is 4.29. The minimum atomic E-state index is -0.419. The van der Waals surface area contributed by atoms with E-state index in [-0.39, 0.29) is 0 Å². The summed E-state index contributed by atoms with van der Waals surface area (Å²) in [5.41, 5.74) is 2.08. The summed E-state index contributed by atoms with van der Waals surface area (Å²) in [5.74, 6) is -0.401. The van der Waals surface area contributed by atoms with Gasteiger partial charge >= 0.3 is 5.97 Å². The molecule has 4 nitrogen and oxygen atoms in total. The van der Waals surface area contributed by atoms with E-state index in [0.717, 1.165) is 17.7 Å². The Hall–Kier alpha value is -1.30. The van der Waals surface area contributed by atoms with Gasteiger partial charge in [0.25, 0.3) is 0 Å². The normalized spacial score (nSPS) is 17.8. The Morgan fingerprint density at radius 2 is 2.09 bits per heavy atom. The van der Waals surface area contributed by atoms with Crippen molar-refractivity contribution in [2.45, 2.75) is 25.8 Å². The molecule has 0 bridgehead atoms. The van der Waals surface area contributed by atoms with Crippen LogP contribution in [0.2, 0.25) is 10.0 Å². The number of carbonyl (C=O) groups excluding carboxylic acids is 1. The summed E-state index contributed by atoms with van der Waals surface area (Å²) in [7, 11) is 1.36. The van der Waals surface area contributed by atoms with E-state index < -0.39 is 12.0 Å². The number of hydrogen-bond donors (Lipinski definition) is 2. The van der Waals surface area contributed by atoms with E-state index in [9.17, 15) is 4.79 Å². The molecule has 1 aliphatic heterocycles. The zero-order valence-corrected chi connectivity index (χ0v) is 14.5. The van der Waals surface area contributed by atoms with Crippen LogP contribution < -0.4 is 10.6 Å². The highest BCUT2D eigenvalue weighted by atomic mass is 35.5. The van der Waals surface area contributed by atoms with Crippen molar-refractivity contribution in [3.63, 3.8) is 0 Å². The number of carbonyl (C=O) groups is 1. The highest BCUT2D eigenvalue weighted by molar-refractivity contribution is 7.80. The van der Waals surface area contributed by atoms with Crippen LogP contribution in [0.15, 0.2) is 29.5 Å². The van der Waals surface area contributed by atoms with Crippen LogP contribution in [-0.2, 0) is 9.53 Å². The third-order valence-electron chi connectivity index (χ3n) is 3.34. The number of rotatable bonds is 4. The van der Waals surface area contributed by atoms with Gasteiger partial charge in [0.05, 0.1) is 28.8 Å². The molecule has 1 atom stereocenters. The van der Waals surface area contributed by atoms with Crippen molar-refractivity contribution in [2.24, 2.45) is 0 Å². The average molecular weight is 359 g/mol. The van der Waals surface area contributed by atoms with Crippen molar-refractivity contribution in [1.82, 2.24) is 10.6 Å². The van der Waals surface area contributed by atoms with E-state index in [1.807, 2.05) is 13.0 Å². The molecule has 2 N–H and O–H groups in total. The molecule has 0 aliphatic carbocycles. The van der Waals surface area contributed by atoms with Gasteiger partial charge in [-0.25, -0.2) is 4.79 Å². The molecule has 0 aromatic heterocycles. The zero-order chi connectivity index (χ0) is 16.3. The van der Waals surface area contributed by atoms with Crippen LogP contribution in [-0.4, -0.2) is 18.2 Å². The lowest BCUT2D eigenvalue weighted by Crippen LogP contribution is -2.45. The van der Waals surface area contributed by atoms with E-state index in [2.05, 4.69) is 10.6 Å². The summed E-state index contributed by atoms with van der Waals surface area (Å²) in [6, 6.07) is 4.81. The number of ether oxygens (including phenoxy) is 1. The summed E-state index contributed by atoms with van der Waals surface area (Å²) in [6.45, 7) is 2.03. The Labute approximate surface area is 144 Å². The Morgan fingerprint density at radius 1 is 1.36 bits per heavy atom. The summed E-state index contributed by atoms with van der Waals surface area (Å²) >= 11 is 17.3. The molecule has 1 heterocycles. The molecular weight excluding hydrogens is 343 g/mol. The van der Waals surface area contributed by atoms with Gasteiger partial charge in [-0.2, -0.15) is 0 Å². The molecule has 1 unspecified atom stereocenters. The summed E-state index contributed by atoms with van der Waals surface area (Å²) < 4.78 is 4.93. The van der Waals surface area contributed by atoms with E-state index in [4.69, 9.17) is 40.2 Å². The fraction of sp³-hybridized carbons (Fsp3) is 0.333. The van der Waals surface area contributed by atoms with Crippen LogP contribution in [0, 0.1) is 0 Å².